The second-order valence-electron chi connectivity index (χ2n) is 5.46. The summed E-state index contributed by atoms with van der Waals surface area (Å²) in [6.45, 7) is 3.80. The molecule has 1 heterocycles. The molecule has 1 aliphatic heterocycles. The van der Waals surface area contributed by atoms with Crippen molar-refractivity contribution in [3.05, 3.63) is 29.8 Å². The molecule has 1 aromatic rings. The summed E-state index contributed by atoms with van der Waals surface area (Å²) in [7, 11) is 2.08. The highest BCUT2D eigenvalue weighted by Crippen LogP contribution is 2.33. The molecule has 2 rings (SSSR count). The molecule has 1 aromatic carbocycles. The Bertz CT molecular complexity index is 476. The Morgan fingerprint density at radius 2 is 2.30 bits per heavy atom. The number of benzene rings is 1. The van der Waals surface area contributed by atoms with Gasteiger partial charge >= 0.3 is 0 Å². The van der Waals surface area contributed by atoms with Crippen LogP contribution in [0.5, 0.6) is 5.75 Å². The van der Waals surface area contributed by atoms with Gasteiger partial charge in [0.1, 0.15) is 11.6 Å². The van der Waals surface area contributed by atoms with Crippen LogP contribution in [0.1, 0.15) is 31.2 Å². The van der Waals surface area contributed by atoms with Gasteiger partial charge in [0.05, 0.1) is 6.61 Å². The van der Waals surface area contributed by atoms with Crippen LogP contribution in [0.3, 0.4) is 0 Å². The fourth-order valence-electron chi connectivity index (χ4n) is 2.63. The van der Waals surface area contributed by atoms with Crippen molar-refractivity contribution >= 4 is 5.84 Å². The molecule has 5 heteroatoms. The van der Waals surface area contributed by atoms with Gasteiger partial charge in [-0.15, -0.1) is 0 Å². The first-order valence-electron chi connectivity index (χ1n) is 7.00. The molecule has 0 saturated heterocycles. The molecule has 3 N–H and O–H groups in total. The average molecular weight is 277 g/mol. The van der Waals surface area contributed by atoms with E-state index >= 15 is 0 Å². The molecular weight excluding hydrogens is 254 g/mol. The van der Waals surface area contributed by atoms with Crippen LogP contribution >= 0.6 is 0 Å². The Hall–Kier alpha value is -1.75. The fourth-order valence-corrected chi connectivity index (χ4v) is 2.63. The van der Waals surface area contributed by atoms with E-state index in [1.807, 2.05) is 12.1 Å². The molecule has 5 nitrogen and oxygen atoms in total. The molecule has 20 heavy (non-hydrogen) atoms. The lowest BCUT2D eigenvalue weighted by Crippen LogP contribution is -2.37. The lowest BCUT2D eigenvalue weighted by atomic mass is 9.92. The zero-order valence-electron chi connectivity index (χ0n) is 12.1. The van der Waals surface area contributed by atoms with E-state index in [4.69, 9.17) is 15.7 Å². The van der Waals surface area contributed by atoms with Gasteiger partial charge in [-0.2, -0.15) is 0 Å². The smallest absolute Gasteiger partial charge is 0.140 e. The Balaban J connectivity index is 2.00. The van der Waals surface area contributed by atoms with Gasteiger partial charge in [0.25, 0.3) is 0 Å². The van der Waals surface area contributed by atoms with Crippen LogP contribution in [0.2, 0.25) is 0 Å². The van der Waals surface area contributed by atoms with E-state index in [1.54, 1.807) is 0 Å². The first kappa shape index (κ1) is 14.7. The van der Waals surface area contributed by atoms with Gasteiger partial charge in [0.2, 0.25) is 0 Å². The number of nitrogens with two attached hydrogens (primary N) is 1. The fraction of sp³-hybridized carbons (Fsp3) is 0.533. The maximum atomic E-state index is 8.64. The Morgan fingerprint density at radius 3 is 3.05 bits per heavy atom. The van der Waals surface area contributed by atoms with Crippen LogP contribution in [0, 0.1) is 0 Å². The number of rotatable bonds is 5. The zero-order valence-corrected chi connectivity index (χ0v) is 12.1. The maximum Gasteiger partial charge on any atom is 0.140 e. The molecule has 2 unspecified atom stereocenters. The molecule has 0 radical (unpaired) electrons. The maximum absolute atomic E-state index is 8.64. The van der Waals surface area contributed by atoms with Crippen LogP contribution in [0.4, 0.5) is 0 Å². The lowest BCUT2D eigenvalue weighted by Gasteiger charge is -2.32. The van der Waals surface area contributed by atoms with Crippen LogP contribution in [0.25, 0.3) is 0 Å². The van der Waals surface area contributed by atoms with Gasteiger partial charge in [0, 0.05) is 24.9 Å². The van der Waals surface area contributed by atoms with Crippen LogP contribution in [-0.2, 0) is 0 Å². The summed E-state index contributed by atoms with van der Waals surface area (Å²) >= 11 is 0. The van der Waals surface area contributed by atoms with E-state index in [-0.39, 0.29) is 11.9 Å². The van der Waals surface area contributed by atoms with Crippen molar-refractivity contribution in [1.29, 1.82) is 0 Å². The third-order valence-corrected chi connectivity index (χ3v) is 3.98. The van der Waals surface area contributed by atoms with Crippen molar-refractivity contribution in [2.24, 2.45) is 10.9 Å². The van der Waals surface area contributed by atoms with Gasteiger partial charge in [-0.25, -0.2) is 0 Å². The van der Waals surface area contributed by atoms with E-state index in [9.17, 15) is 0 Å². The molecule has 0 aliphatic carbocycles. The summed E-state index contributed by atoms with van der Waals surface area (Å²) in [6.07, 6.45) is 1.59. The highest BCUT2D eigenvalue weighted by Gasteiger charge is 2.24. The third kappa shape index (κ3) is 3.42. The molecule has 110 valence electrons. The standard InChI is InChI=1S/C15H23N3O2/c1-11(9-15(16)17-19)18(2)10-12-7-8-20-14-6-4-3-5-13(12)14/h3-6,11-12,19H,7-10H2,1-2H3,(H2,16,17). The number of ether oxygens (including phenoxy) is 1. The van der Waals surface area contributed by atoms with Gasteiger partial charge in [-0.05, 0) is 32.0 Å². The normalized spacial score (nSPS) is 20.4. The summed E-state index contributed by atoms with van der Waals surface area (Å²) in [4.78, 5) is 2.25. The largest absolute Gasteiger partial charge is 0.493 e. The molecule has 0 bridgehead atoms. The molecule has 0 aromatic heterocycles. The SMILES string of the molecule is CC(C/C(N)=N/O)N(C)CC1CCOc2ccccc21. The minimum absolute atomic E-state index is 0.237. The van der Waals surface area contributed by atoms with E-state index < -0.39 is 0 Å². The molecule has 0 amide bonds. The number of oxime groups is 1. The van der Waals surface area contributed by atoms with E-state index in [0.717, 1.165) is 25.3 Å². The number of likely N-dealkylation sites (N-methyl/N-ethyl adjacent to an activating group) is 1. The highest BCUT2D eigenvalue weighted by atomic mass is 16.5. The van der Waals surface area contributed by atoms with Gasteiger partial charge in [-0.3, -0.25) is 0 Å². The topological polar surface area (TPSA) is 71.1 Å². The summed E-state index contributed by atoms with van der Waals surface area (Å²) in [5.74, 6) is 1.75. The molecular formula is C15H23N3O2. The first-order chi connectivity index (χ1) is 9.61. The van der Waals surface area contributed by atoms with Gasteiger partial charge in [-0.1, -0.05) is 23.4 Å². The van der Waals surface area contributed by atoms with Crippen molar-refractivity contribution in [1.82, 2.24) is 4.90 Å². The molecule has 1 aliphatic rings. The minimum Gasteiger partial charge on any atom is -0.493 e. The van der Waals surface area contributed by atoms with Crippen LogP contribution in [0.15, 0.2) is 29.4 Å². The van der Waals surface area contributed by atoms with Crippen molar-refractivity contribution in [3.8, 4) is 5.75 Å². The number of amidine groups is 1. The third-order valence-electron chi connectivity index (χ3n) is 3.98. The van der Waals surface area contributed by atoms with E-state index in [2.05, 4.69) is 36.2 Å². The molecule has 0 saturated carbocycles. The van der Waals surface area contributed by atoms with Crippen molar-refractivity contribution in [2.45, 2.75) is 31.7 Å². The number of fused-ring (bicyclic) bond motifs is 1. The number of nitrogens with zero attached hydrogens (tertiary/aromatic N) is 2. The van der Waals surface area contributed by atoms with Crippen LogP contribution < -0.4 is 10.5 Å². The van der Waals surface area contributed by atoms with Crippen molar-refractivity contribution in [3.63, 3.8) is 0 Å². The second kappa shape index (κ2) is 6.61. The van der Waals surface area contributed by atoms with Crippen molar-refractivity contribution in [2.75, 3.05) is 20.2 Å². The Kier molecular flexibility index (Phi) is 4.84. The van der Waals surface area contributed by atoms with Crippen LogP contribution in [-0.4, -0.2) is 42.2 Å². The minimum atomic E-state index is 0.237. The first-order valence-corrected chi connectivity index (χ1v) is 7.00. The average Bonchev–Trinajstić information content (AvgIpc) is 2.47. The summed E-state index contributed by atoms with van der Waals surface area (Å²) in [5, 5.41) is 11.7. The summed E-state index contributed by atoms with van der Waals surface area (Å²) < 4.78 is 5.69. The van der Waals surface area contributed by atoms with Gasteiger partial charge in [0.15, 0.2) is 0 Å². The van der Waals surface area contributed by atoms with Gasteiger partial charge < -0.3 is 20.6 Å². The highest BCUT2D eigenvalue weighted by molar-refractivity contribution is 5.80. The predicted octanol–water partition coefficient (Wildman–Crippen LogP) is 2.01. The summed E-state index contributed by atoms with van der Waals surface area (Å²) in [5.41, 5.74) is 6.85. The zero-order chi connectivity index (χ0) is 14.5. The Labute approximate surface area is 120 Å². The monoisotopic (exact) mass is 277 g/mol. The van der Waals surface area contributed by atoms with E-state index in [0.29, 0.717) is 12.3 Å². The number of hydrogen-bond acceptors (Lipinski definition) is 4. The molecule has 2 atom stereocenters. The second-order valence-corrected chi connectivity index (χ2v) is 5.46. The van der Waals surface area contributed by atoms with E-state index in [1.165, 1.54) is 5.56 Å². The Morgan fingerprint density at radius 1 is 1.55 bits per heavy atom. The summed E-state index contributed by atoms with van der Waals surface area (Å²) in [6, 6.07) is 8.47. The quantitative estimate of drug-likeness (QED) is 0.374. The van der Waals surface area contributed by atoms with Crippen molar-refractivity contribution < 1.29 is 9.94 Å². The molecule has 0 fully saturated rings. The predicted molar refractivity (Wildman–Crippen MR) is 79.4 cm³/mol. The molecule has 0 spiro atoms. The lowest BCUT2D eigenvalue weighted by molar-refractivity contribution is 0.204. The number of hydrogen-bond donors (Lipinski definition) is 2. The number of para-hydroxylation sites is 1.